The van der Waals surface area contributed by atoms with E-state index in [2.05, 4.69) is 10.4 Å². The van der Waals surface area contributed by atoms with E-state index in [9.17, 15) is 4.79 Å². The molecule has 0 atom stereocenters. The number of carbonyl (C=O) groups excluding carboxylic acids is 1. The van der Waals surface area contributed by atoms with E-state index in [1.54, 1.807) is 29.1 Å². The van der Waals surface area contributed by atoms with E-state index in [0.717, 1.165) is 5.56 Å². The van der Waals surface area contributed by atoms with E-state index in [4.69, 9.17) is 23.2 Å². The second-order valence-corrected chi connectivity index (χ2v) is 4.78. The number of nitrogens with zero attached hydrogens (tertiary/aromatic N) is 2. The van der Waals surface area contributed by atoms with Crippen LogP contribution in [0.15, 0.2) is 30.5 Å². The summed E-state index contributed by atoms with van der Waals surface area (Å²) in [6.07, 6.45) is 1.61. The standard InChI is InChI=1S/C13H13Cl2N3O/c1-2-18-12(5-6-17-18)13(19)16-8-9-3-4-10(14)11(15)7-9/h3-7H,2,8H2,1H3,(H,16,19). The Labute approximate surface area is 121 Å². The lowest BCUT2D eigenvalue weighted by Gasteiger charge is -2.07. The van der Waals surface area contributed by atoms with Crippen molar-refractivity contribution in [2.75, 3.05) is 0 Å². The Morgan fingerprint density at radius 1 is 1.32 bits per heavy atom. The van der Waals surface area contributed by atoms with Crippen molar-refractivity contribution < 1.29 is 4.79 Å². The van der Waals surface area contributed by atoms with E-state index >= 15 is 0 Å². The van der Waals surface area contributed by atoms with Crippen molar-refractivity contribution in [2.24, 2.45) is 0 Å². The van der Waals surface area contributed by atoms with Gasteiger partial charge in [0.2, 0.25) is 0 Å². The van der Waals surface area contributed by atoms with Gasteiger partial charge in [-0.25, -0.2) is 0 Å². The predicted molar refractivity (Wildman–Crippen MR) is 75.5 cm³/mol. The van der Waals surface area contributed by atoms with Gasteiger partial charge in [-0.05, 0) is 30.7 Å². The normalized spacial score (nSPS) is 10.5. The first-order valence-corrected chi connectivity index (χ1v) is 6.61. The van der Waals surface area contributed by atoms with Crippen LogP contribution in [-0.2, 0) is 13.1 Å². The summed E-state index contributed by atoms with van der Waals surface area (Å²) in [6, 6.07) is 6.96. The van der Waals surface area contributed by atoms with E-state index in [1.807, 2.05) is 13.0 Å². The molecule has 0 unspecified atom stereocenters. The molecule has 2 rings (SSSR count). The van der Waals surface area contributed by atoms with Crippen LogP contribution in [0.25, 0.3) is 0 Å². The summed E-state index contributed by atoms with van der Waals surface area (Å²) in [5.74, 6) is -0.162. The monoisotopic (exact) mass is 297 g/mol. The number of rotatable bonds is 4. The third-order valence-corrected chi connectivity index (χ3v) is 3.42. The van der Waals surface area contributed by atoms with Crippen molar-refractivity contribution >= 4 is 29.1 Å². The zero-order valence-electron chi connectivity index (χ0n) is 10.4. The van der Waals surface area contributed by atoms with Gasteiger partial charge in [0.15, 0.2) is 0 Å². The number of hydrogen-bond donors (Lipinski definition) is 1. The quantitative estimate of drug-likeness (QED) is 0.942. The number of hydrogen-bond acceptors (Lipinski definition) is 2. The van der Waals surface area contributed by atoms with Gasteiger partial charge in [0.1, 0.15) is 5.69 Å². The molecule has 0 fully saturated rings. The van der Waals surface area contributed by atoms with Gasteiger partial charge >= 0.3 is 0 Å². The van der Waals surface area contributed by atoms with Gasteiger partial charge in [-0.1, -0.05) is 29.3 Å². The van der Waals surface area contributed by atoms with Gasteiger partial charge in [-0.3, -0.25) is 9.48 Å². The van der Waals surface area contributed by atoms with Crippen LogP contribution < -0.4 is 5.32 Å². The second-order valence-electron chi connectivity index (χ2n) is 3.96. The summed E-state index contributed by atoms with van der Waals surface area (Å²) in [5, 5.41) is 7.85. The average molecular weight is 298 g/mol. The Morgan fingerprint density at radius 3 is 2.79 bits per heavy atom. The topological polar surface area (TPSA) is 46.9 Å². The second kappa shape index (κ2) is 6.08. The number of aromatic nitrogens is 2. The molecule has 1 aromatic carbocycles. The van der Waals surface area contributed by atoms with Gasteiger partial charge in [0.05, 0.1) is 10.0 Å². The highest BCUT2D eigenvalue weighted by Crippen LogP contribution is 2.22. The highest BCUT2D eigenvalue weighted by molar-refractivity contribution is 6.42. The SMILES string of the molecule is CCn1nccc1C(=O)NCc1ccc(Cl)c(Cl)c1. The van der Waals surface area contributed by atoms with Crippen LogP contribution >= 0.6 is 23.2 Å². The van der Waals surface area contributed by atoms with Crippen LogP contribution in [0.1, 0.15) is 23.0 Å². The molecule has 0 saturated heterocycles. The molecule has 0 radical (unpaired) electrons. The van der Waals surface area contributed by atoms with Gasteiger partial charge in [0.25, 0.3) is 5.91 Å². The Balaban J connectivity index is 2.02. The maximum atomic E-state index is 12.0. The van der Waals surface area contributed by atoms with E-state index in [0.29, 0.717) is 28.8 Å². The molecule has 19 heavy (non-hydrogen) atoms. The molecule has 100 valence electrons. The number of halogens is 2. The number of amides is 1. The minimum absolute atomic E-state index is 0.162. The molecule has 1 N–H and O–H groups in total. The lowest BCUT2D eigenvalue weighted by Crippen LogP contribution is -2.25. The minimum atomic E-state index is -0.162. The molecule has 0 bridgehead atoms. The average Bonchev–Trinajstić information content (AvgIpc) is 2.88. The molecule has 0 aliphatic rings. The third kappa shape index (κ3) is 3.28. The van der Waals surface area contributed by atoms with Crippen LogP contribution in [0.2, 0.25) is 10.0 Å². The highest BCUT2D eigenvalue weighted by atomic mass is 35.5. The lowest BCUT2D eigenvalue weighted by molar-refractivity contribution is 0.0940. The first-order chi connectivity index (χ1) is 9.11. The van der Waals surface area contributed by atoms with Gasteiger partial charge in [-0.15, -0.1) is 0 Å². The molecule has 1 heterocycles. The zero-order chi connectivity index (χ0) is 13.8. The Morgan fingerprint density at radius 2 is 2.11 bits per heavy atom. The van der Waals surface area contributed by atoms with Crippen LogP contribution in [0, 0.1) is 0 Å². The summed E-state index contributed by atoms with van der Waals surface area (Å²) >= 11 is 11.8. The van der Waals surface area contributed by atoms with Crippen LogP contribution in [0.4, 0.5) is 0 Å². The van der Waals surface area contributed by atoms with Crippen molar-refractivity contribution in [2.45, 2.75) is 20.0 Å². The molecular formula is C13H13Cl2N3O. The highest BCUT2D eigenvalue weighted by Gasteiger charge is 2.10. The van der Waals surface area contributed by atoms with Crippen molar-refractivity contribution in [1.82, 2.24) is 15.1 Å². The molecule has 4 nitrogen and oxygen atoms in total. The van der Waals surface area contributed by atoms with Crippen LogP contribution in [0.3, 0.4) is 0 Å². The summed E-state index contributed by atoms with van der Waals surface area (Å²) < 4.78 is 1.64. The molecular weight excluding hydrogens is 285 g/mol. The molecule has 1 aromatic heterocycles. The first kappa shape index (κ1) is 13.9. The first-order valence-electron chi connectivity index (χ1n) is 5.85. The van der Waals surface area contributed by atoms with Crippen molar-refractivity contribution in [1.29, 1.82) is 0 Å². The van der Waals surface area contributed by atoms with Crippen LogP contribution in [-0.4, -0.2) is 15.7 Å². The van der Waals surface area contributed by atoms with Crippen molar-refractivity contribution in [3.05, 3.63) is 51.8 Å². The molecule has 6 heteroatoms. The predicted octanol–water partition coefficient (Wildman–Crippen LogP) is 3.14. The van der Waals surface area contributed by atoms with Gasteiger partial charge in [-0.2, -0.15) is 5.10 Å². The summed E-state index contributed by atoms with van der Waals surface area (Å²) in [7, 11) is 0. The Hall–Kier alpha value is -1.52. The molecule has 0 aliphatic heterocycles. The fourth-order valence-electron chi connectivity index (χ4n) is 1.70. The minimum Gasteiger partial charge on any atom is -0.347 e. The third-order valence-electron chi connectivity index (χ3n) is 2.69. The maximum Gasteiger partial charge on any atom is 0.269 e. The molecule has 0 saturated carbocycles. The van der Waals surface area contributed by atoms with Crippen molar-refractivity contribution in [3.8, 4) is 0 Å². The molecule has 2 aromatic rings. The van der Waals surface area contributed by atoms with E-state index < -0.39 is 0 Å². The summed E-state index contributed by atoms with van der Waals surface area (Å²) in [5.41, 5.74) is 1.44. The number of aryl methyl sites for hydroxylation is 1. The van der Waals surface area contributed by atoms with E-state index in [-0.39, 0.29) is 5.91 Å². The fourth-order valence-corrected chi connectivity index (χ4v) is 2.02. The summed E-state index contributed by atoms with van der Waals surface area (Å²) in [6.45, 7) is 2.98. The molecule has 0 aliphatic carbocycles. The fraction of sp³-hybridized carbons (Fsp3) is 0.231. The number of carbonyl (C=O) groups is 1. The van der Waals surface area contributed by atoms with Gasteiger partial charge in [0, 0.05) is 19.3 Å². The largest absolute Gasteiger partial charge is 0.347 e. The summed E-state index contributed by atoms with van der Waals surface area (Å²) in [4.78, 5) is 12.0. The zero-order valence-corrected chi connectivity index (χ0v) is 11.9. The maximum absolute atomic E-state index is 12.0. The smallest absolute Gasteiger partial charge is 0.269 e. The van der Waals surface area contributed by atoms with Gasteiger partial charge < -0.3 is 5.32 Å². The molecule has 1 amide bonds. The number of benzene rings is 1. The van der Waals surface area contributed by atoms with E-state index in [1.165, 1.54) is 0 Å². The number of nitrogens with one attached hydrogen (secondary N) is 1. The molecule has 0 spiro atoms. The Bertz CT molecular complexity index is 595. The van der Waals surface area contributed by atoms with Crippen molar-refractivity contribution in [3.63, 3.8) is 0 Å². The lowest BCUT2D eigenvalue weighted by atomic mass is 10.2. The Kier molecular flexibility index (Phi) is 4.45. The van der Waals surface area contributed by atoms with Crippen LogP contribution in [0.5, 0.6) is 0 Å².